The summed E-state index contributed by atoms with van der Waals surface area (Å²) in [6, 6.07) is 7.54. The standard InChI is InChI=1S/C20H23N5O2/c1-14-23-17-6-4-3-5-16(17)20(26)25(14)13-15-7-11-24(12-8-15)18-19(27-2)22-10-9-21-18/h3-6,9-10,15H,7-8,11-13H2,1-2H3. The molecule has 0 amide bonds. The average molecular weight is 365 g/mol. The summed E-state index contributed by atoms with van der Waals surface area (Å²) in [5, 5.41) is 0.685. The molecule has 0 unspecified atom stereocenters. The first-order chi connectivity index (χ1) is 13.2. The van der Waals surface area contributed by atoms with Crippen molar-refractivity contribution in [3.63, 3.8) is 0 Å². The van der Waals surface area contributed by atoms with Gasteiger partial charge in [-0.1, -0.05) is 12.1 Å². The highest BCUT2D eigenvalue weighted by molar-refractivity contribution is 5.77. The third kappa shape index (κ3) is 3.37. The Balaban J connectivity index is 1.50. The molecule has 0 radical (unpaired) electrons. The monoisotopic (exact) mass is 365 g/mol. The largest absolute Gasteiger partial charge is 0.478 e. The van der Waals surface area contributed by atoms with Gasteiger partial charge in [0, 0.05) is 32.0 Å². The van der Waals surface area contributed by atoms with E-state index in [2.05, 4.69) is 19.9 Å². The number of nitrogens with zero attached hydrogens (tertiary/aromatic N) is 5. The second kappa shape index (κ2) is 7.34. The molecule has 0 bridgehead atoms. The molecule has 0 N–H and O–H groups in total. The predicted molar refractivity (Wildman–Crippen MR) is 104 cm³/mol. The van der Waals surface area contributed by atoms with E-state index in [1.54, 1.807) is 19.5 Å². The lowest BCUT2D eigenvalue weighted by molar-refractivity contribution is 0.343. The van der Waals surface area contributed by atoms with Crippen molar-refractivity contribution in [1.82, 2.24) is 19.5 Å². The second-order valence-corrected chi connectivity index (χ2v) is 6.91. The second-order valence-electron chi connectivity index (χ2n) is 6.91. The fourth-order valence-electron chi connectivity index (χ4n) is 3.76. The lowest BCUT2D eigenvalue weighted by Crippen LogP contribution is -2.37. The van der Waals surface area contributed by atoms with Crippen LogP contribution < -0.4 is 15.2 Å². The van der Waals surface area contributed by atoms with Gasteiger partial charge in [-0.05, 0) is 37.8 Å². The highest BCUT2D eigenvalue weighted by Crippen LogP contribution is 2.28. The van der Waals surface area contributed by atoms with Crippen molar-refractivity contribution in [2.75, 3.05) is 25.1 Å². The zero-order chi connectivity index (χ0) is 18.8. The first-order valence-electron chi connectivity index (χ1n) is 9.23. The van der Waals surface area contributed by atoms with Gasteiger partial charge in [-0.25, -0.2) is 15.0 Å². The number of aromatic nitrogens is 4. The Morgan fingerprint density at radius 3 is 2.67 bits per heavy atom. The predicted octanol–water partition coefficient (Wildman–Crippen LogP) is 2.42. The number of piperidine rings is 1. The number of benzene rings is 1. The summed E-state index contributed by atoms with van der Waals surface area (Å²) >= 11 is 0. The van der Waals surface area contributed by atoms with Crippen molar-refractivity contribution in [3.05, 3.63) is 52.8 Å². The first kappa shape index (κ1) is 17.5. The molecular weight excluding hydrogens is 342 g/mol. The minimum Gasteiger partial charge on any atom is -0.478 e. The van der Waals surface area contributed by atoms with E-state index in [0.717, 1.165) is 43.1 Å². The molecule has 0 spiro atoms. The van der Waals surface area contributed by atoms with E-state index < -0.39 is 0 Å². The number of fused-ring (bicyclic) bond motifs is 1. The molecule has 0 saturated carbocycles. The van der Waals surface area contributed by atoms with Crippen LogP contribution in [-0.4, -0.2) is 39.7 Å². The first-order valence-corrected chi connectivity index (χ1v) is 9.23. The van der Waals surface area contributed by atoms with Crippen LogP contribution in [0.15, 0.2) is 41.5 Å². The Bertz CT molecular complexity index is 1010. The third-order valence-electron chi connectivity index (χ3n) is 5.25. The van der Waals surface area contributed by atoms with Gasteiger partial charge in [-0.2, -0.15) is 0 Å². The van der Waals surface area contributed by atoms with Gasteiger partial charge in [0.15, 0.2) is 5.82 Å². The van der Waals surface area contributed by atoms with Gasteiger partial charge in [0.2, 0.25) is 0 Å². The summed E-state index contributed by atoms with van der Waals surface area (Å²) in [6.45, 7) is 4.35. The summed E-state index contributed by atoms with van der Waals surface area (Å²) in [6.07, 6.45) is 5.29. The third-order valence-corrected chi connectivity index (χ3v) is 5.25. The summed E-state index contributed by atoms with van der Waals surface area (Å²) in [5.74, 6) is 2.56. The van der Waals surface area contributed by atoms with Gasteiger partial charge in [-0.15, -0.1) is 0 Å². The van der Waals surface area contributed by atoms with E-state index in [9.17, 15) is 4.79 Å². The van der Waals surface area contributed by atoms with Crippen LogP contribution in [0.4, 0.5) is 5.82 Å². The smallest absolute Gasteiger partial charge is 0.261 e. The van der Waals surface area contributed by atoms with Crippen LogP contribution in [0, 0.1) is 12.8 Å². The maximum atomic E-state index is 12.9. The lowest BCUT2D eigenvalue weighted by atomic mass is 9.96. The number of ether oxygens (including phenoxy) is 1. The number of anilines is 1. The molecule has 7 nitrogen and oxygen atoms in total. The van der Waals surface area contributed by atoms with Crippen LogP contribution in [0.25, 0.3) is 10.9 Å². The van der Waals surface area contributed by atoms with Gasteiger partial charge in [-0.3, -0.25) is 9.36 Å². The molecule has 7 heteroatoms. The topological polar surface area (TPSA) is 73.1 Å². The average Bonchev–Trinajstić information content (AvgIpc) is 2.71. The van der Waals surface area contributed by atoms with Crippen molar-refractivity contribution in [1.29, 1.82) is 0 Å². The van der Waals surface area contributed by atoms with Crippen molar-refractivity contribution in [2.45, 2.75) is 26.3 Å². The molecule has 140 valence electrons. The number of methoxy groups -OCH3 is 1. The molecule has 3 aromatic rings. The Hall–Kier alpha value is -2.96. The molecule has 1 saturated heterocycles. The van der Waals surface area contributed by atoms with E-state index in [-0.39, 0.29) is 5.56 Å². The number of aryl methyl sites for hydroxylation is 1. The SMILES string of the molecule is COc1nccnc1N1CCC(Cn2c(C)nc3ccccc3c2=O)CC1. The van der Waals surface area contributed by atoms with E-state index in [4.69, 9.17) is 4.74 Å². The van der Waals surface area contributed by atoms with Crippen molar-refractivity contribution < 1.29 is 4.74 Å². The Morgan fingerprint density at radius 1 is 1.15 bits per heavy atom. The maximum absolute atomic E-state index is 12.9. The Kier molecular flexibility index (Phi) is 4.75. The summed E-state index contributed by atoms with van der Waals surface area (Å²) in [4.78, 5) is 28.3. The molecular formula is C20H23N5O2. The van der Waals surface area contributed by atoms with E-state index in [0.29, 0.717) is 23.7 Å². The van der Waals surface area contributed by atoms with Crippen LogP contribution in [0.2, 0.25) is 0 Å². The number of hydrogen-bond donors (Lipinski definition) is 0. The molecule has 2 aromatic heterocycles. The van der Waals surface area contributed by atoms with E-state index >= 15 is 0 Å². The van der Waals surface area contributed by atoms with E-state index in [1.807, 2.05) is 35.8 Å². The number of para-hydroxylation sites is 1. The molecule has 0 atom stereocenters. The fourth-order valence-corrected chi connectivity index (χ4v) is 3.76. The van der Waals surface area contributed by atoms with Gasteiger partial charge < -0.3 is 9.64 Å². The minimum absolute atomic E-state index is 0.0520. The maximum Gasteiger partial charge on any atom is 0.261 e. The van der Waals surface area contributed by atoms with E-state index in [1.165, 1.54) is 0 Å². The zero-order valence-corrected chi connectivity index (χ0v) is 15.6. The zero-order valence-electron chi connectivity index (χ0n) is 15.6. The normalized spacial score (nSPS) is 15.3. The van der Waals surface area contributed by atoms with Crippen LogP contribution in [-0.2, 0) is 6.54 Å². The van der Waals surface area contributed by atoms with Gasteiger partial charge in [0.05, 0.1) is 18.0 Å². The molecule has 27 heavy (non-hydrogen) atoms. The Labute approximate surface area is 157 Å². The molecule has 3 heterocycles. The van der Waals surface area contributed by atoms with Gasteiger partial charge in [0.25, 0.3) is 11.4 Å². The molecule has 0 aliphatic carbocycles. The molecule has 1 fully saturated rings. The highest BCUT2D eigenvalue weighted by Gasteiger charge is 2.24. The van der Waals surface area contributed by atoms with Crippen molar-refractivity contribution >= 4 is 16.7 Å². The number of rotatable bonds is 4. The molecule has 4 rings (SSSR count). The van der Waals surface area contributed by atoms with Crippen molar-refractivity contribution in [2.24, 2.45) is 5.92 Å². The molecule has 1 aliphatic heterocycles. The minimum atomic E-state index is 0.0520. The number of hydrogen-bond acceptors (Lipinski definition) is 6. The fraction of sp³-hybridized carbons (Fsp3) is 0.400. The lowest BCUT2D eigenvalue weighted by Gasteiger charge is -2.33. The quantitative estimate of drug-likeness (QED) is 0.707. The van der Waals surface area contributed by atoms with Crippen LogP contribution in [0.1, 0.15) is 18.7 Å². The Morgan fingerprint density at radius 2 is 1.89 bits per heavy atom. The van der Waals surface area contributed by atoms with Gasteiger partial charge in [0.1, 0.15) is 5.82 Å². The molecule has 1 aromatic carbocycles. The van der Waals surface area contributed by atoms with Crippen molar-refractivity contribution in [3.8, 4) is 5.88 Å². The summed E-state index contributed by atoms with van der Waals surface area (Å²) < 4.78 is 7.15. The summed E-state index contributed by atoms with van der Waals surface area (Å²) in [5.41, 5.74) is 0.817. The van der Waals surface area contributed by atoms with Crippen LogP contribution in [0.3, 0.4) is 0 Å². The summed E-state index contributed by atoms with van der Waals surface area (Å²) in [7, 11) is 1.61. The van der Waals surface area contributed by atoms with Gasteiger partial charge >= 0.3 is 0 Å². The molecule has 1 aliphatic rings. The van der Waals surface area contributed by atoms with Crippen LogP contribution >= 0.6 is 0 Å². The van der Waals surface area contributed by atoms with Crippen LogP contribution in [0.5, 0.6) is 5.88 Å². The highest BCUT2D eigenvalue weighted by atomic mass is 16.5.